The third-order valence-electron chi connectivity index (χ3n) is 3.37. The molecule has 0 radical (unpaired) electrons. The summed E-state index contributed by atoms with van der Waals surface area (Å²) in [6, 6.07) is 9.52. The number of methoxy groups -OCH3 is 1. The molecule has 1 heterocycles. The van der Waals surface area contributed by atoms with Crippen LogP contribution < -0.4 is 20.1 Å². The van der Waals surface area contributed by atoms with Crippen LogP contribution in [0.25, 0.3) is 0 Å². The van der Waals surface area contributed by atoms with E-state index in [2.05, 4.69) is 20.7 Å². The first kappa shape index (κ1) is 21.1. The van der Waals surface area contributed by atoms with Gasteiger partial charge >= 0.3 is 0 Å². The molecule has 0 aliphatic carbocycles. The van der Waals surface area contributed by atoms with E-state index in [4.69, 9.17) is 9.47 Å². The van der Waals surface area contributed by atoms with Gasteiger partial charge in [0.2, 0.25) is 0 Å². The lowest BCUT2D eigenvalue weighted by Crippen LogP contribution is -2.42. The molecule has 1 aromatic carbocycles. The number of hydrogen-bond acceptors (Lipinski definition) is 4. The largest absolute Gasteiger partial charge is 0.493 e. The molecule has 0 aliphatic heterocycles. The molecule has 0 saturated heterocycles. The number of hydrogen-bond donors (Lipinski definition) is 2. The highest BCUT2D eigenvalue weighted by Gasteiger charge is 2.09. The Morgan fingerprint density at radius 3 is 2.64 bits per heavy atom. The monoisotopic (exact) mass is 459 g/mol. The molecular formula is C17H26IN5O2. The number of ether oxygens (including phenoxy) is 2. The molecule has 25 heavy (non-hydrogen) atoms. The predicted octanol–water partition coefficient (Wildman–Crippen LogP) is 2.14. The number of nitrogens with zero attached hydrogens (tertiary/aromatic N) is 3. The van der Waals surface area contributed by atoms with Crippen LogP contribution in [0.3, 0.4) is 0 Å². The minimum Gasteiger partial charge on any atom is -0.493 e. The van der Waals surface area contributed by atoms with Gasteiger partial charge in [0, 0.05) is 26.0 Å². The van der Waals surface area contributed by atoms with Crippen LogP contribution in [0.1, 0.15) is 6.92 Å². The van der Waals surface area contributed by atoms with Crippen molar-refractivity contribution in [3.05, 3.63) is 42.7 Å². The van der Waals surface area contributed by atoms with Gasteiger partial charge in [0.05, 0.1) is 20.2 Å². The number of nitrogens with one attached hydrogen (secondary N) is 2. The topological polar surface area (TPSA) is 72.7 Å². The van der Waals surface area contributed by atoms with E-state index in [1.54, 1.807) is 20.4 Å². The van der Waals surface area contributed by atoms with Gasteiger partial charge in [0.25, 0.3) is 0 Å². The van der Waals surface area contributed by atoms with Gasteiger partial charge < -0.3 is 20.1 Å². The Hall–Kier alpha value is -1.97. The average molecular weight is 459 g/mol. The van der Waals surface area contributed by atoms with Gasteiger partial charge in [0.1, 0.15) is 6.10 Å². The van der Waals surface area contributed by atoms with Crippen molar-refractivity contribution in [3.8, 4) is 11.5 Å². The van der Waals surface area contributed by atoms with Crippen LogP contribution in [0.15, 0.2) is 47.7 Å². The van der Waals surface area contributed by atoms with E-state index in [9.17, 15) is 0 Å². The van der Waals surface area contributed by atoms with Crippen LogP contribution in [0, 0.1) is 0 Å². The Labute approximate surface area is 165 Å². The standard InChI is InChI=1S/C17H25N5O2.HI/c1-14(24-16-8-5-4-7-15(16)23-3)13-20-17(18-2)19-10-12-22-11-6-9-21-22;/h4-9,11,14H,10,12-13H2,1-3H3,(H2,18,19,20);1H. The van der Waals surface area contributed by atoms with Gasteiger partial charge in [-0.1, -0.05) is 12.1 Å². The summed E-state index contributed by atoms with van der Waals surface area (Å²) in [4.78, 5) is 4.20. The Bertz CT molecular complexity index is 634. The lowest BCUT2D eigenvalue weighted by molar-refractivity contribution is 0.213. The lowest BCUT2D eigenvalue weighted by Gasteiger charge is -2.19. The lowest BCUT2D eigenvalue weighted by atomic mass is 10.3. The maximum atomic E-state index is 5.91. The molecule has 0 spiro atoms. The molecular weight excluding hydrogens is 433 g/mol. The molecule has 0 bridgehead atoms. The summed E-state index contributed by atoms with van der Waals surface area (Å²) in [6.45, 7) is 4.14. The Morgan fingerprint density at radius 2 is 2.00 bits per heavy atom. The van der Waals surface area contributed by atoms with E-state index in [0.29, 0.717) is 6.54 Å². The first-order valence-electron chi connectivity index (χ1n) is 7.94. The van der Waals surface area contributed by atoms with Gasteiger partial charge in [0.15, 0.2) is 17.5 Å². The molecule has 2 rings (SSSR count). The Morgan fingerprint density at radius 1 is 1.24 bits per heavy atom. The van der Waals surface area contributed by atoms with Crippen molar-refractivity contribution in [3.63, 3.8) is 0 Å². The summed E-state index contributed by atoms with van der Waals surface area (Å²) in [5, 5.41) is 10.7. The molecule has 138 valence electrons. The maximum absolute atomic E-state index is 5.91. The highest BCUT2D eigenvalue weighted by atomic mass is 127. The van der Waals surface area contributed by atoms with E-state index < -0.39 is 0 Å². The number of benzene rings is 1. The maximum Gasteiger partial charge on any atom is 0.191 e. The van der Waals surface area contributed by atoms with Crippen molar-refractivity contribution in [1.82, 2.24) is 20.4 Å². The molecule has 2 N–H and O–H groups in total. The molecule has 7 nitrogen and oxygen atoms in total. The third kappa shape index (κ3) is 7.20. The summed E-state index contributed by atoms with van der Waals surface area (Å²) >= 11 is 0. The predicted molar refractivity (Wildman–Crippen MR) is 110 cm³/mol. The molecule has 0 fully saturated rings. The molecule has 1 unspecified atom stereocenters. The van der Waals surface area contributed by atoms with Gasteiger partial charge in [-0.05, 0) is 25.1 Å². The number of halogens is 1. The first-order valence-corrected chi connectivity index (χ1v) is 7.94. The van der Waals surface area contributed by atoms with E-state index in [1.165, 1.54) is 0 Å². The highest BCUT2D eigenvalue weighted by molar-refractivity contribution is 14.0. The molecule has 1 aromatic heterocycles. The number of guanidine groups is 1. The summed E-state index contributed by atoms with van der Waals surface area (Å²) in [5.74, 6) is 2.19. The zero-order chi connectivity index (χ0) is 17.2. The van der Waals surface area contributed by atoms with Gasteiger partial charge in [-0.2, -0.15) is 5.10 Å². The van der Waals surface area contributed by atoms with E-state index in [1.807, 2.05) is 48.1 Å². The average Bonchev–Trinajstić information content (AvgIpc) is 3.11. The highest BCUT2D eigenvalue weighted by Crippen LogP contribution is 2.26. The minimum atomic E-state index is -0.0361. The Kier molecular flexibility index (Phi) is 9.75. The summed E-state index contributed by atoms with van der Waals surface area (Å²) < 4.78 is 13.1. The van der Waals surface area contributed by atoms with E-state index >= 15 is 0 Å². The Balaban J connectivity index is 0.00000312. The van der Waals surface area contributed by atoms with Crippen LogP contribution in [0.5, 0.6) is 11.5 Å². The van der Waals surface area contributed by atoms with Crippen molar-refractivity contribution in [2.45, 2.75) is 19.6 Å². The van der Waals surface area contributed by atoms with Gasteiger partial charge in [-0.25, -0.2) is 0 Å². The van der Waals surface area contributed by atoms with E-state index in [-0.39, 0.29) is 30.1 Å². The molecule has 0 amide bonds. The second kappa shape index (κ2) is 11.6. The quantitative estimate of drug-likeness (QED) is 0.360. The van der Waals surface area contributed by atoms with Crippen LogP contribution in [-0.2, 0) is 6.54 Å². The van der Waals surface area contributed by atoms with Gasteiger partial charge in [-0.3, -0.25) is 9.67 Å². The summed E-state index contributed by atoms with van der Waals surface area (Å²) in [7, 11) is 3.38. The van der Waals surface area contributed by atoms with Crippen molar-refractivity contribution in [2.24, 2.45) is 4.99 Å². The summed E-state index contributed by atoms with van der Waals surface area (Å²) in [5.41, 5.74) is 0. The number of aliphatic imine (C=N–C) groups is 1. The number of para-hydroxylation sites is 2. The normalized spacial score (nSPS) is 12.0. The molecule has 0 aliphatic rings. The van der Waals surface area contributed by atoms with Crippen molar-refractivity contribution in [2.75, 3.05) is 27.2 Å². The van der Waals surface area contributed by atoms with Crippen molar-refractivity contribution < 1.29 is 9.47 Å². The van der Waals surface area contributed by atoms with Crippen LogP contribution >= 0.6 is 24.0 Å². The number of rotatable bonds is 8. The second-order valence-electron chi connectivity index (χ2n) is 5.23. The molecule has 1 atom stereocenters. The molecule has 0 saturated carbocycles. The van der Waals surface area contributed by atoms with Crippen LogP contribution in [0.2, 0.25) is 0 Å². The van der Waals surface area contributed by atoms with Crippen molar-refractivity contribution >= 4 is 29.9 Å². The summed E-state index contributed by atoms with van der Waals surface area (Å²) in [6.07, 6.45) is 3.66. The van der Waals surface area contributed by atoms with Crippen LogP contribution in [-0.4, -0.2) is 49.1 Å². The fourth-order valence-electron chi connectivity index (χ4n) is 2.16. The zero-order valence-electron chi connectivity index (χ0n) is 14.8. The smallest absolute Gasteiger partial charge is 0.191 e. The fraction of sp³-hybridized carbons (Fsp3) is 0.412. The molecule has 8 heteroatoms. The number of aromatic nitrogens is 2. The SMILES string of the molecule is CN=C(NCCn1cccn1)NCC(C)Oc1ccccc1OC.I. The first-order chi connectivity index (χ1) is 11.7. The molecule has 2 aromatic rings. The minimum absolute atomic E-state index is 0. The zero-order valence-corrected chi connectivity index (χ0v) is 17.1. The van der Waals surface area contributed by atoms with E-state index in [0.717, 1.165) is 30.5 Å². The third-order valence-corrected chi connectivity index (χ3v) is 3.37. The second-order valence-corrected chi connectivity index (χ2v) is 5.23. The van der Waals surface area contributed by atoms with Gasteiger partial charge in [-0.15, -0.1) is 24.0 Å². The fourth-order valence-corrected chi connectivity index (χ4v) is 2.16. The van der Waals surface area contributed by atoms with Crippen LogP contribution in [0.4, 0.5) is 0 Å². The van der Waals surface area contributed by atoms with Crippen molar-refractivity contribution in [1.29, 1.82) is 0 Å².